The van der Waals surface area contributed by atoms with E-state index in [0.29, 0.717) is 17.9 Å². The van der Waals surface area contributed by atoms with E-state index in [4.69, 9.17) is 4.74 Å². The van der Waals surface area contributed by atoms with Crippen molar-refractivity contribution in [3.63, 3.8) is 0 Å². The van der Waals surface area contributed by atoms with Crippen LogP contribution >= 0.6 is 0 Å². The molecule has 0 unspecified atom stereocenters. The summed E-state index contributed by atoms with van der Waals surface area (Å²) in [7, 11) is 1.51. The highest BCUT2D eigenvalue weighted by Crippen LogP contribution is 2.37. The number of nitro groups is 1. The summed E-state index contributed by atoms with van der Waals surface area (Å²) in [4.78, 5) is 18.8. The van der Waals surface area contributed by atoms with E-state index in [1.54, 1.807) is 24.3 Å². The Bertz CT molecular complexity index is 631. The quantitative estimate of drug-likeness (QED) is 0.665. The number of hydrogen-bond donors (Lipinski definition) is 1. The molecule has 0 amide bonds. The number of anilines is 1. The molecule has 1 aromatic heterocycles. The fourth-order valence-corrected chi connectivity index (χ4v) is 1.89. The Morgan fingerprint density at radius 2 is 2.10 bits per heavy atom. The Labute approximate surface area is 115 Å². The molecule has 0 fully saturated rings. The number of rotatable bonds is 5. The molecule has 7 nitrogen and oxygen atoms in total. The van der Waals surface area contributed by atoms with Crippen molar-refractivity contribution in [1.29, 1.82) is 0 Å². The molecule has 0 saturated carbocycles. The molecule has 0 bridgehead atoms. The van der Waals surface area contributed by atoms with Crippen molar-refractivity contribution in [2.75, 3.05) is 19.0 Å². The molecule has 0 aliphatic carbocycles. The summed E-state index contributed by atoms with van der Waals surface area (Å²) in [6.07, 6.45) is 1.30. The van der Waals surface area contributed by atoms with Crippen LogP contribution in [0, 0.1) is 10.1 Å². The van der Waals surface area contributed by atoms with Crippen LogP contribution in [0.4, 0.5) is 11.5 Å². The zero-order chi connectivity index (χ0) is 14.5. The first kappa shape index (κ1) is 13.7. The molecule has 0 aliphatic heterocycles. The van der Waals surface area contributed by atoms with E-state index in [1.807, 2.05) is 6.92 Å². The Hall–Kier alpha value is -2.70. The van der Waals surface area contributed by atoms with Gasteiger partial charge in [0.25, 0.3) is 0 Å². The number of nitrogens with one attached hydrogen (secondary N) is 1. The molecule has 0 atom stereocenters. The number of nitrogens with zero attached hydrogens (tertiary/aromatic N) is 3. The number of methoxy groups -OCH3 is 1. The standard InChI is InChI=1S/C13H14N4O3/c1-3-14-13-12(17(18)19)11(15-8-16-13)9-6-4-5-7-10(9)20-2/h4-8H,3H2,1-2H3,(H,14,15,16). The predicted molar refractivity (Wildman–Crippen MR) is 74.8 cm³/mol. The molecular formula is C13H14N4O3. The Morgan fingerprint density at radius 3 is 2.75 bits per heavy atom. The van der Waals surface area contributed by atoms with Gasteiger partial charge < -0.3 is 10.1 Å². The minimum Gasteiger partial charge on any atom is -0.496 e. The number of ether oxygens (including phenoxy) is 1. The highest BCUT2D eigenvalue weighted by molar-refractivity contribution is 5.80. The van der Waals surface area contributed by atoms with E-state index < -0.39 is 4.92 Å². The monoisotopic (exact) mass is 274 g/mol. The van der Waals surface area contributed by atoms with Gasteiger partial charge in [0.2, 0.25) is 5.82 Å². The molecule has 0 radical (unpaired) electrons. The largest absolute Gasteiger partial charge is 0.496 e. The van der Waals surface area contributed by atoms with Crippen molar-refractivity contribution < 1.29 is 9.66 Å². The minimum atomic E-state index is -0.486. The van der Waals surface area contributed by atoms with Crippen LogP contribution in [0.25, 0.3) is 11.3 Å². The molecule has 0 aliphatic rings. The van der Waals surface area contributed by atoms with Gasteiger partial charge in [-0.2, -0.15) is 0 Å². The summed E-state index contributed by atoms with van der Waals surface area (Å²) in [6, 6.07) is 7.02. The van der Waals surface area contributed by atoms with Crippen molar-refractivity contribution in [2.45, 2.75) is 6.92 Å². The second-order valence-electron chi connectivity index (χ2n) is 3.91. The molecule has 20 heavy (non-hydrogen) atoms. The van der Waals surface area contributed by atoms with Crippen LogP contribution < -0.4 is 10.1 Å². The fourth-order valence-electron chi connectivity index (χ4n) is 1.89. The van der Waals surface area contributed by atoms with Crippen LogP contribution in [0.15, 0.2) is 30.6 Å². The maximum absolute atomic E-state index is 11.3. The molecule has 0 saturated heterocycles. The van der Waals surface area contributed by atoms with Gasteiger partial charge in [0.05, 0.1) is 12.0 Å². The van der Waals surface area contributed by atoms with Crippen molar-refractivity contribution in [3.8, 4) is 17.0 Å². The van der Waals surface area contributed by atoms with Crippen molar-refractivity contribution >= 4 is 11.5 Å². The van der Waals surface area contributed by atoms with Gasteiger partial charge in [-0.1, -0.05) is 12.1 Å². The van der Waals surface area contributed by atoms with Gasteiger partial charge in [0, 0.05) is 12.1 Å². The summed E-state index contributed by atoms with van der Waals surface area (Å²) in [5, 5.41) is 14.2. The smallest absolute Gasteiger partial charge is 0.337 e. The Morgan fingerprint density at radius 1 is 1.35 bits per heavy atom. The highest BCUT2D eigenvalue weighted by atomic mass is 16.6. The van der Waals surface area contributed by atoms with Crippen LogP contribution in [0.3, 0.4) is 0 Å². The van der Waals surface area contributed by atoms with E-state index in [-0.39, 0.29) is 17.2 Å². The number of benzene rings is 1. The molecule has 1 heterocycles. The van der Waals surface area contributed by atoms with Gasteiger partial charge in [0.15, 0.2) is 5.69 Å². The first-order valence-corrected chi connectivity index (χ1v) is 6.05. The van der Waals surface area contributed by atoms with Gasteiger partial charge in [-0.3, -0.25) is 10.1 Å². The molecular weight excluding hydrogens is 260 g/mol. The zero-order valence-electron chi connectivity index (χ0n) is 11.2. The van der Waals surface area contributed by atoms with Crippen LogP contribution in [-0.2, 0) is 0 Å². The molecule has 1 aromatic carbocycles. The van der Waals surface area contributed by atoms with Crippen molar-refractivity contribution in [2.24, 2.45) is 0 Å². The van der Waals surface area contributed by atoms with E-state index in [1.165, 1.54) is 13.4 Å². The van der Waals surface area contributed by atoms with Crippen LogP contribution in [-0.4, -0.2) is 28.5 Å². The van der Waals surface area contributed by atoms with Gasteiger partial charge >= 0.3 is 5.69 Å². The lowest BCUT2D eigenvalue weighted by Crippen LogP contribution is -2.06. The lowest BCUT2D eigenvalue weighted by Gasteiger charge is -2.10. The number of aromatic nitrogens is 2. The molecule has 7 heteroatoms. The minimum absolute atomic E-state index is 0.154. The maximum atomic E-state index is 11.3. The number of hydrogen-bond acceptors (Lipinski definition) is 6. The summed E-state index contributed by atoms with van der Waals surface area (Å²) >= 11 is 0. The average molecular weight is 274 g/mol. The lowest BCUT2D eigenvalue weighted by molar-refractivity contribution is -0.383. The van der Waals surface area contributed by atoms with E-state index in [0.717, 1.165) is 0 Å². The average Bonchev–Trinajstić information content (AvgIpc) is 2.47. The molecule has 0 spiro atoms. The van der Waals surface area contributed by atoms with E-state index in [9.17, 15) is 10.1 Å². The van der Waals surface area contributed by atoms with Crippen molar-refractivity contribution in [1.82, 2.24) is 9.97 Å². The van der Waals surface area contributed by atoms with Crippen LogP contribution in [0.5, 0.6) is 5.75 Å². The van der Waals surface area contributed by atoms with Gasteiger partial charge in [0.1, 0.15) is 12.1 Å². The van der Waals surface area contributed by atoms with Gasteiger partial charge in [-0.25, -0.2) is 9.97 Å². The second kappa shape index (κ2) is 5.96. The SMILES string of the molecule is CCNc1ncnc(-c2ccccc2OC)c1[N+](=O)[O-]. The van der Waals surface area contributed by atoms with Crippen LogP contribution in [0.2, 0.25) is 0 Å². The fraction of sp³-hybridized carbons (Fsp3) is 0.231. The molecule has 2 aromatic rings. The van der Waals surface area contributed by atoms with Crippen molar-refractivity contribution in [3.05, 3.63) is 40.7 Å². The molecule has 104 valence electrons. The summed E-state index contributed by atoms with van der Waals surface area (Å²) < 4.78 is 5.23. The lowest BCUT2D eigenvalue weighted by atomic mass is 10.1. The highest BCUT2D eigenvalue weighted by Gasteiger charge is 2.25. The molecule has 2 rings (SSSR count). The summed E-state index contributed by atoms with van der Waals surface area (Å²) in [5.74, 6) is 0.727. The third-order valence-electron chi connectivity index (χ3n) is 2.71. The number of para-hydroxylation sites is 1. The van der Waals surface area contributed by atoms with Crippen LogP contribution in [0.1, 0.15) is 6.92 Å². The zero-order valence-corrected chi connectivity index (χ0v) is 11.2. The van der Waals surface area contributed by atoms with E-state index in [2.05, 4.69) is 15.3 Å². The maximum Gasteiger partial charge on any atom is 0.337 e. The Kier molecular flexibility index (Phi) is 4.09. The summed E-state index contributed by atoms with van der Waals surface area (Å²) in [6.45, 7) is 2.37. The van der Waals surface area contributed by atoms with Gasteiger partial charge in [-0.05, 0) is 19.1 Å². The second-order valence-corrected chi connectivity index (χ2v) is 3.91. The predicted octanol–water partition coefficient (Wildman–Crippen LogP) is 2.49. The van der Waals surface area contributed by atoms with E-state index >= 15 is 0 Å². The summed E-state index contributed by atoms with van der Waals surface area (Å²) in [5.41, 5.74) is 0.639. The topological polar surface area (TPSA) is 90.2 Å². The van der Waals surface area contributed by atoms with Gasteiger partial charge in [-0.15, -0.1) is 0 Å². The first-order chi connectivity index (χ1) is 9.69. The normalized spacial score (nSPS) is 10.1. The third-order valence-corrected chi connectivity index (χ3v) is 2.71. The third kappa shape index (κ3) is 2.51. The Balaban J connectivity index is 2.67. The molecule has 1 N–H and O–H groups in total. The first-order valence-electron chi connectivity index (χ1n) is 6.05.